The first-order valence-electron chi connectivity index (χ1n) is 8.80. The monoisotopic (exact) mass is 528 g/mol. The smallest absolute Gasteiger partial charge is 0.352 e. The van der Waals surface area contributed by atoms with Gasteiger partial charge in [0.2, 0.25) is 23.1 Å². The van der Waals surface area contributed by atoms with Gasteiger partial charge < -0.3 is 20.9 Å². The number of amides is 3. The molecule has 4 heterocycles. The third-order valence-electron chi connectivity index (χ3n) is 4.38. The van der Waals surface area contributed by atoms with Gasteiger partial charge in [0.15, 0.2) is 4.34 Å². The molecule has 4 rings (SSSR count). The molecule has 0 radical (unpaired) electrons. The largest absolute Gasteiger partial charge is 0.477 e. The van der Waals surface area contributed by atoms with Crippen LogP contribution >= 0.6 is 46.4 Å². The molecule has 3 amide bonds. The second-order valence-electron chi connectivity index (χ2n) is 6.25. The van der Waals surface area contributed by atoms with Gasteiger partial charge >= 0.3 is 5.97 Å². The Balaban J connectivity index is 1.46. The number of carboxylic acid groups (broad SMARTS) is 1. The summed E-state index contributed by atoms with van der Waals surface area (Å²) in [6.07, 6.45) is 0.371. The Labute approximate surface area is 200 Å². The molecule has 0 saturated carbocycles. The molecule has 0 aliphatic carbocycles. The minimum absolute atomic E-state index is 0.0813. The number of carboxylic acids is 1. The number of rotatable bonds is 9. The van der Waals surface area contributed by atoms with Crippen molar-refractivity contribution < 1.29 is 29.5 Å². The van der Waals surface area contributed by atoms with Crippen molar-refractivity contribution in [3.63, 3.8) is 0 Å². The lowest BCUT2D eigenvalue weighted by atomic mass is 10.0. The van der Waals surface area contributed by atoms with Gasteiger partial charge in [0.1, 0.15) is 22.6 Å². The minimum atomic E-state index is -1.24. The van der Waals surface area contributed by atoms with Crippen LogP contribution in [0.25, 0.3) is 0 Å². The molecule has 14 nitrogen and oxygen atoms in total. The van der Waals surface area contributed by atoms with E-state index in [9.17, 15) is 29.5 Å². The fourth-order valence-electron chi connectivity index (χ4n) is 3.00. The molecule has 4 N–H and O–H groups in total. The van der Waals surface area contributed by atoms with E-state index in [-0.39, 0.29) is 16.7 Å². The Morgan fingerprint density at radius 1 is 1.42 bits per heavy atom. The summed E-state index contributed by atoms with van der Waals surface area (Å²) in [4.78, 5) is 52.7. The number of carbonyl (C=O) groups is 4. The summed E-state index contributed by atoms with van der Waals surface area (Å²) in [7, 11) is 0. The van der Waals surface area contributed by atoms with E-state index in [1.54, 1.807) is 5.51 Å². The number of nitrogens with one attached hydrogen (secondary N) is 2. The highest BCUT2D eigenvalue weighted by atomic mass is 32.2. The van der Waals surface area contributed by atoms with Crippen LogP contribution < -0.4 is 10.6 Å². The first-order chi connectivity index (χ1) is 15.9. The van der Waals surface area contributed by atoms with Gasteiger partial charge in [0, 0.05) is 23.0 Å². The predicted molar refractivity (Wildman–Crippen MR) is 118 cm³/mol. The van der Waals surface area contributed by atoms with Crippen LogP contribution in [0.3, 0.4) is 0 Å². The second kappa shape index (κ2) is 9.81. The number of aromatic nitrogens is 4. The van der Waals surface area contributed by atoms with Gasteiger partial charge in [0.25, 0.3) is 11.8 Å². The van der Waals surface area contributed by atoms with Crippen molar-refractivity contribution in [1.29, 1.82) is 0 Å². The number of aliphatic carboxylic acids is 1. The van der Waals surface area contributed by atoms with Crippen molar-refractivity contribution in [2.45, 2.75) is 15.8 Å². The van der Waals surface area contributed by atoms with E-state index < -0.39 is 34.9 Å². The SMILES string of the molecule is O=CNc1nc(/C(=N\O)C(=O)NC2C(=O)N3C(C(=O)O)=C(CSc4nncs4)CS[C@H]23)ns1. The van der Waals surface area contributed by atoms with E-state index in [0.717, 1.165) is 16.4 Å². The highest BCUT2D eigenvalue weighted by Crippen LogP contribution is 2.41. The summed E-state index contributed by atoms with van der Waals surface area (Å²) < 4.78 is 4.50. The maximum absolute atomic E-state index is 12.8. The van der Waals surface area contributed by atoms with Gasteiger partial charge in [0.05, 0.1) is 0 Å². The fraction of sp³-hybridized carbons (Fsp3) is 0.267. The Hall–Kier alpha value is -3.09. The minimum Gasteiger partial charge on any atom is -0.477 e. The zero-order chi connectivity index (χ0) is 23.5. The number of anilines is 1. The van der Waals surface area contributed by atoms with Crippen molar-refractivity contribution in [3.8, 4) is 0 Å². The van der Waals surface area contributed by atoms with Crippen LogP contribution in [-0.2, 0) is 19.2 Å². The molecule has 0 spiro atoms. The average Bonchev–Trinajstić information content (AvgIpc) is 3.48. The van der Waals surface area contributed by atoms with E-state index in [0.29, 0.717) is 27.8 Å². The lowest BCUT2D eigenvalue weighted by molar-refractivity contribution is -0.150. The third-order valence-corrected chi connectivity index (χ3v) is 8.31. The van der Waals surface area contributed by atoms with E-state index in [1.165, 1.54) is 34.9 Å². The van der Waals surface area contributed by atoms with Crippen LogP contribution in [0.4, 0.5) is 5.13 Å². The molecule has 172 valence electrons. The van der Waals surface area contributed by atoms with E-state index in [4.69, 9.17) is 0 Å². The summed E-state index contributed by atoms with van der Waals surface area (Å²) in [5, 5.41) is 33.6. The summed E-state index contributed by atoms with van der Waals surface area (Å²) in [5.74, 6) is -2.36. The Bertz CT molecular complexity index is 1170. The number of oxime groups is 1. The molecular formula is C15H12N8O6S4. The summed E-state index contributed by atoms with van der Waals surface area (Å²) in [6, 6.07) is -1.03. The second-order valence-corrected chi connectivity index (χ2v) is 10.2. The van der Waals surface area contributed by atoms with Crippen LogP contribution in [0.2, 0.25) is 0 Å². The lowest BCUT2D eigenvalue weighted by Gasteiger charge is -2.49. The molecule has 2 aromatic heterocycles. The number of hydrogen-bond acceptors (Lipinski definition) is 14. The van der Waals surface area contributed by atoms with Crippen LogP contribution in [0.1, 0.15) is 5.82 Å². The zero-order valence-electron chi connectivity index (χ0n) is 16.1. The number of nitrogens with zero attached hydrogens (tertiary/aromatic N) is 6. The Morgan fingerprint density at radius 3 is 2.91 bits per heavy atom. The molecule has 1 unspecified atom stereocenters. The predicted octanol–water partition coefficient (Wildman–Crippen LogP) is -0.333. The van der Waals surface area contributed by atoms with E-state index in [2.05, 4.69) is 35.3 Å². The number of β-lactam (4-membered cyclic amide) rings is 1. The third kappa shape index (κ3) is 4.54. The van der Waals surface area contributed by atoms with Gasteiger partial charge in [-0.2, -0.15) is 9.36 Å². The highest BCUT2D eigenvalue weighted by Gasteiger charge is 2.54. The van der Waals surface area contributed by atoms with Crippen molar-refractivity contribution in [2.24, 2.45) is 5.16 Å². The van der Waals surface area contributed by atoms with Crippen LogP contribution in [0.15, 0.2) is 26.3 Å². The molecule has 18 heteroatoms. The van der Waals surface area contributed by atoms with Crippen molar-refractivity contribution in [1.82, 2.24) is 29.8 Å². The number of hydrogen-bond donors (Lipinski definition) is 4. The first-order valence-corrected chi connectivity index (χ1v) is 12.5. The van der Waals surface area contributed by atoms with Gasteiger partial charge in [-0.1, -0.05) is 28.3 Å². The molecule has 1 fully saturated rings. The highest BCUT2D eigenvalue weighted by molar-refractivity contribution is 8.01. The number of fused-ring (bicyclic) bond motifs is 1. The topological polar surface area (TPSA) is 200 Å². The Morgan fingerprint density at radius 2 is 2.24 bits per heavy atom. The average molecular weight is 529 g/mol. The molecule has 0 aromatic carbocycles. The fourth-order valence-corrected chi connectivity index (χ4v) is 6.50. The van der Waals surface area contributed by atoms with Gasteiger partial charge in [-0.25, -0.2) is 4.79 Å². The standard InChI is InChI=1S/C15H12N8O6S4/c24-3-16-14-19-9(22-33-14)6(21-29)10(25)18-7-11(26)23-8(13(27)28)5(1-30-12(7)23)2-31-15-20-17-4-32-15/h3-4,7,12,29H,1-2H2,(H,18,25)(H,27,28)(H,16,19,22,24)/b21-6+/t7?,12-/m1/s1. The van der Waals surface area contributed by atoms with E-state index in [1.807, 2.05) is 0 Å². The quantitative estimate of drug-likeness (QED) is 0.0826. The number of carbonyl (C=O) groups excluding carboxylic acids is 3. The molecule has 0 bridgehead atoms. The van der Waals surface area contributed by atoms with Crippen molar-refractivity contribution >= 4 is 81.4 Å². The molecule has 2 aliphatic rings. The maximum Gasteiger partial charge on any atom is 0.352 e. The van der Waals surface area contributed by atoms with Gasteiger partial charge in [-0.05, 0) is 5.57 Å². The molecule has 1 saturated heterocycles. The van der Waals surface area contributed by atoms with Crippen LogP contribution in [-0.4, -0.2) is 87.6 Å². The van der Waals surface area contributed by atoms with Crippen molar-refractivity contribution in [3.05, 3.63) is 22.6 Å². The maximum atomic E-state index is 12.8. The lowest BCUT2D eigenvalue weighted by Crippen LogP contribution is -2.71. The van der Waals surface area contributed by atoms with Gasteiger partial charge in [-0.3, -0.25) is 19.3 Å². The van der Waals surface area contributed by atoms with Crippen LogP contribution in [0.5, 0.6) is 0 Å². The van der Waals surface area contributed by atoms with E-state index >= 15 is 0 Å². The van der Waals surface area contributed by atoms with Crippen LogP contribution in [0, 0.1) is 0 Å². The molecule has 2 aromatic rings. The first kappa shape index (κ1) is 23.1. The molecular weight excluding hydrogens is 516 g/mol. The molecule has 2 aliphatic heterocycles. The van der Waals surface area contributed by atoms with Crippen molar-refractivity contribution in [2.75, 3.05) is 16.8 Å². The normalized spacial score (nSPS) is 20.2. The number of thioether (sulfide) groups is 2. The Kier molecular flexibility index (Phi) is 6.86. The zero-order valence-corrected chi connectivity index (χ0v) is 19.3. The summed E-state index contributed by atoms with van der Waals surface area (Å²) in [6.45, 7) is 0. The van der Waals surface area contributed by atoms with Gasteiger partial charge in [-0.15, -0.1) is 22.0 Å². The molecule has 2 atom stereocenters. The summed E-state index contributed by atoms with van der Waals surface area (Å²) in [5.41, 5.74) is 1.45. The summed E-state index contributed by atoms with van der Waals surface area (Å²) >= 11 is 4.72. The molecule has 33 heavy (non-hydrogen) atoms.